The average Bonchev–Trinajstić information content (AvgIpc) is 2.46. The number of aryl methyl sites for hydroxylation is 1. The summed E-state index contributed by atoms with van der Waals surface area (Å²) in [6.07, 6.45) is 3.12. The van der Waals surface area contributed by atoms with E-state index in [1.807, 2.05) is 18.2 Å². The number of rotatable bonds is 3. The summed E-state index contributed by atoms with van der Waals surface area (Å²) in [6, 6.07) is 9.75. The molecule has 2 N–H and O–H groups in total. The number of hydrogen-bond acceptors (Lipinski definition) is 3. The summed E-state index contributed by atoms with van der Waals surface area (Å²) in [5, 5.41) is 6.70. The lowest BCUT2D eigenvalue weighted by atomic mass is 10.0. The normalized spacial score (nSPS) is 13.6. The molecule has 0 unspecified atom stereocenters. The van der Waals surface area contributed by atoms with Crippen LogP contribution in [0.1, 0.15) is 17.5 Å². The minimum absolute atomic E-state index is 0.0801. The summed E-state index contributed by atoms with van der Waals surface area (Å²) in [4.78, 5) is 15.4. The van der Waals surface area contributed by atoms with Gasteiger partial charge in [0.25, 0.3) is 0 Å². The first-order valence-corrected chi connectivity index (χ1v) is 6.85. The van der Waals surface area contributed by atoms with Gasteiger partial charge < -0.3 is 10.6 Å². The molecule has 1 aromatic carbocycles. The van der Waals surface area contributed by atoms with E-state index in [1.165, 1.54) is 5.56 Å². The predicted molar refractivity (Wildman–Crippen MR) is 80.0 cm³/mol. The largest absolute Gasteiger partial charge is 0.381 e. The number of anilines is 2. The Morgan fingerprint density at radius 3 is 2.95 bits per heavy atom. The van der Waals surface area contributed by atoms with E-state index in [1.54, 1.807) is 12.3 Å². The second kappa shape index (κ2) is 5.51. The number of aromatic nitrogens is 1. The highest BCUT2D eigenvalue weighted by molar-refractivity contribution is 6.29. The summed E-state index contributed by atoms with van der Waals surface area (Å²) in [7, 11) is 0. The van der Waals surface area contributed by atoms with Crippen molar-refractivity contribution < 1.29 is 4.79 Å². The van der Waals surface area contributed by atoms with Gasteiger partial charge in [0.1, 0.15) is 5.15 Å². The molecule has 4 nitrogen and oxygen atoms in total. The number of benzene rings is 1. The quantitative estimate of drug-likeness (QED) is 0.852. The van der Waals surface area contributed by atoms with E-state index >= 15 is 0 Å². The average molecular weight is 288 g/mol. The van der Waals surface area contributed by atoms with Crippen LogP contribution in [0.2, 0.25) is 5.15 Å². The lowest BCUT2D eigenvalue weighted by molar-refractivity contribution is -0.116. The summed E-state index contributed by atoms with van der Waals surface area (Å²) in [5.74, 6) is 0.0801. The van der Waals surface area contributed by atoms with Gasteiger partial charge in [-0.3, -0.25) is 4.79 Å². The Balaban J connectivity index is 1.70. The molecule has 2 aromatic rings. The highest BCUT2D eigenvalue weighted by Gasteiger charge is 2.14. The van der Waals surface area contributed by atoms with E-state index in [4.69, 9.17) is 11.6 Å². The Bertz CT molecular complexity index is 640. The van der Waals surface area contributed by atoms with E-state index in [0.29, 0.717) is 18.1 Å². The van der Waals surface area contributed by atoms with Crippen molar-refractivity contribution in [2.75, 3.05) is 10.6 Å². The van der Waals surface area contributed by atoms with Gasteiger partial charge in [0.05, 0.1) is 0 Å². The molecule has 0 radical (unpaired) electrons. The van der Waals surface area contributed by atoms with E-state index in [9.17, 15) is 4.79 Å². The number of pyridine rings is 1. The summed E-state index contributed by atoms with van der Waals surface area (Å²) in [5.41, 5.74) is 4.11. The fourth-order valence-electron chi connectivity index (χ4n) is 2.20. The van der Waals surface area contributed by atoms with Gasteiger partial charge in [0.2, 0.25) is 5.91 Å². The Morgan fingerprint density at radius 2 is 2.15 bits per heavy atom. The smallest absolute Gasteiger partial charge is 0.224 e. The first-order valence-electron chi connectivity index (χ1n) is 6.48. The molecule has 0 fully saturated rings. The maximum absolute atomic E-state index is 11.4. The van der Waals surface area contributed by atoms with Gasteiger partial charge in [-0.2, -0.15) is 0 Å². The maximum Gasteiger partial charge on any atom is 0.224 e. The minimum atomic E-state index is 0.0801. The van der Waals surface area contributed by atoms with Crippen LogP contribution in [-0.4, -0.2) is 10.9 Å². The zero-order valence-corrected chi connectivity index (χ0v) is 11.6. The van der Waals surface area contributed by atoms with Gasteiger partial charge in [-0.1, -0.05) is 23.7 Å². The van der Waals surface area contributed by atoms with Crippen LogP contribution in [0.3, 0.4) is 0 Å². The van der Waals surface area contributed by atoms with E-state index in [-0.39, 0.29) is 5.91 Å². The van der Waals surface area contributed by atoms with Crippen molar-refractivity contribution in [3.05, 3.63) is 52.8 Å². The molecule has 1 amide bonds. The third kappa shape index (κ3) is 2.91. The number of amides is 1. The Hall–Kier alpha value is -2.07. The van der Waals surface area contributed by atoms with Crippen LogP contribution in [0.25, 0.3) is 0 Å². The first kappa shape index (κ1) is 12.9. The molecule has 1 aromatic heterocycles. The van der Waals surface area contributed by atoms with E-state index < -0.39 is 0 Å². The molecule has 2 heterocycles. The highest BCUT2D eigenvalue weighted by Crippen LogP contribution is 2.26. The Morgan fingerprint density at radius 1 is 1.25 bits per heavy atom. The van der Waals surface area contributed by atoms with Crippen LogP contribution in [-0.2, 0) is 17.8 Å². The van der Waals surface area contributed by atoms with Gasteiger partial charge in [-0.15, -0.1) is 0 Å². The van der Waals surface area contributed by atoms with Crippen molar-refractivity contribution in [1.82, 2.24) is 4.98 Å². The minimum Gasteiger partial charge on any atom is -0.381 e. The Kier molecular flexibility index (Phi) is 3.56. The van der Waals surface area contributed by atoms with Gasteiger partial charge >= 0.3 is 0 Å². The molecule has 3 rings (SSSR count). The molecule has 5 heteroatoms. The Labute approximate surface area is 122 Å². The van der Waals surface area contributed by atoms with Gasteiger partial charge in [0.15, 0.2) is 0 Å². The number of carbonyl (C=O) groups is 1. The predicted octanol–water partition coefficient (Wildman–Crippen LogP) is 3.23. The second-order valence-corrected chi connectivity index (χ2v) is 5.15. The van der Waals surface area contributed by atoms with Crippen molar-refractivity contribution in [2.24, 2.45) is 0 Å². The van der Waals surface area contributed by atoms with Crippen LogP contribution in [0.15, 0.2) is 36.5 Å². The summed E-state index contributed by atoms with van der Waals surface area (Å²) in [6.45, 7) is 0.664. The highest BCUT2D eigenvalue weighted by atomic mass is 35.5. The molecular weight excluding hydrogens is 274 g/mol. The fourth-order valence-corrected chi connectivity index (χ4v) is 2.31. The number of hydrogen-bond donors (Lipinski definition) is 2. The number of halogens is 1. The zero-order valence-electron chi connectivity index (χ0n) is 10.8. The van der Waals surface area contributed by atoms with E-state index in [0.717, 1.165) is 23.4 Å². The number of nitrogens with one attached hydrogen (secondary N) is 2. The zero-order chi connectivity index (χ0) is 13.9. The molecule has 20 heavy (non-hydrogen) atoms. The van der Waals surface area contributed by atoms with Crippen molar-refractivity contribution >= 4 is 28.9 Å². The maximum atomic E-state index is 11.4. The number of carbonyl (C=O) groups excluding carboxylic acids is 1. The van der Waals surface area contributed by atoms with Crippen LogP contribution in [0, 0.1) is 0 Å². The molecule has 102 valence electrons. The molecule has 0 saturated carbocycles. The van der Waals surface area contributed by atoms with Gasteiger partial charge in [-0.05, 0) is 35.7 Å². The number of nitrogens with zero attached hydrogens (tertiary/aromatic N) is 1. The van der Waals surface area contributed by atoms with Crippen molar-refractivity contribution in [3.8, 4) is 0 Å². The first-order chi connectivity index (χ1) is 9.70. The molecule has 1 aliphatic heterocycles. The standard InChI is InChI=1S/C15H14ClN3O/c16-14-5-1-10(9-18-14)8-17-12-4-2-11-3-6-15(20)19-13(11)7-12/h1-2,4-5,7,9,17H,3,6,8H2,(H,19,20). The molecule has 0 bridgehead atoms. The monoisotopic (exact) mass is 287 g/mol. The van der Waals surface area contributed by atoms with Gasteiger partial charge in [-0.25, -0.2) is 4.98 Å². The molecule has 0 saturated heterocycles. The summed E-state index contributed by atoms with van der Waals surface area (Å²) < 4.78 is 0. The van der Waals surface area contributed by atoms with Crippen LogP contribution >= 0.6 is 11.6 Å². The second-order valence-electron chi connectivity index (χ2n) is 4.76. The lowest BCUT2D eigenvalue weighted by Crippen LogP contribution is -2.19. The van der Waals surface area contributed by atoms with Crippen LogP contribution in [0.5, 0.6) is 0 Å². The molecule has 0 aliphatic carbocycles. The molecular formula is C15H14ClN3O. The third-order valence-corrected chi connectivity index (χ3v) is 3.51. The number of fused-ring (bicyclic) bond motifs is 1. The SMILES string of the molecule is O=C1CCc2ccc(NCc3ccc(Cl)nc3)cc2N1. The topological polar surface area (TPSA) is 54.0 Å². The van der Waals surface area contributed by atoms with Crippen LogP contribution in [0.4, 0.5) is 11.4 Å². The molecule has 1 aliphatic rings. The van der Waals surface area contributed by atoms with Gasteiger partial charge in [0, 0.05) is 30.5 Å². The molecule has 0 atom stereocenters. The summed E-state index contributed by atoms with van der Waals surface area (Å²) >= 11 is 5.75. The van der Waals surface area contributed by atoms with E-state index in [2.05, 4.69) is 21.7 Å². The third-order valence-electron chi connectivity index (χ3n) is 3.29. The van der Waals surface area contributed by atoms with Crippen molar-refractivity contribution in [2.45, 2.75) is 19.4 Å². The van der Waals surface area contributed by atoms with Crippen molar-refractivity contribution in [3.63, 3.8) is 0 Å². The van der Waals surface area contributed by atoms with Crippen molar-refractivity contribution in [1.29, 1.82) is 0 Å². The fraction of sp³-hybridized carbons (Fsp3) is 0.200. The molecule has 0 spiro atoms. The van der Waals surface area contributed by atoms with Crippen LogP contribution < -0.4 is 10.6 Å². The lowest BCUT2D eigenvalue weighted by Gasteiger charge is -2.18.